The Labute approximate surface area is 106 Å². The van der Waals surface area contributed by atoms with Crippen molar-refractivity contribution in [1.82, 2.24) is 10.1 Å². The molecule has 2 N–H and O–H groups in total. The predicted octanol–water partition coefficient (Wildman–Crippen LogP) is 1.62. The van der Waals surface area contributed by atoms with Crippen LogP contribution in [-0.2, 0) is 16.9 Å². The summed E-state index contributed by atoms with van der Waals surface area (Å²) >= 11 is 1.83. The average molecular weight is 259 g/mol. The van der Waals surface area contributed by atoms with Crippen molar-refractivity contribution in [1.29, 1.82) is 0 Å². The van der Waals surface area contributed by atoms with Crippen LogP contribution >= 0.6 is 11.8 Å². The minimum Gasteiger partial charge on any atom is -0.383 e. The molecule has 0 aliphatic rings. The van der Waals surface area contributed by atoms with E-state index in [2.05, 4.69) is 24.0 Å². The summed E-state index contributed by atoms with van der Waals surface area (Å²) in [5, 5.41) is 4.55. The molecule has 0 amide bonds. The van der Waals surface area contributed by atoms with E-state index in [1.54, 1.807) is 7.11 Å². The largest absolute Gasteiger partial charge is 0.383 e. The normalized spacial score (nSPS) is 14.8. The zero-order valence-corrected chi connectivity index (χ0v) is 11.5. The van der Waals surface area contributed by atoms with Gasteiger partial charge in [-0.25, -0.2) is 0 Å². The van der Waals surface area contributed by atoms with E-state index in [-0.39, 0.29) is 6.04 Å². The maximum absolute atomic E-state index is 5.81. The van der Waals surface area contributed by atoms with Crippen molar-refractivity contribution in [2.45, 2.75) is 43.7 Å². The van der Waals surface area contributed by atoms with Crippen LogP contribution in [0.25, 0.3) is 0 Å². The molecule has 0 aromatic carbocycles. The van der Waals surface area contributed by atoms with Crippen LogP contribution in [0.5, 0.6) is 0 Å². The SMILES string of the molecule is CCC(C)SCc1noc(CC(N)COC)n1. The van der Waals surface area contributed by atoms with Gasteiger partial charge in [-0.15, -0.1) is 0 Å². The molecule has 1 heterocycles. The lowest BCUT2D eigenvalue weighted by Gasteiger charge is -2.06. The molecule has 98 valence electrons. The van der Waals surface area contributed by atoms with Crippen LogP contribution in [-0.4, -0.2) is 35.1 Å². The van der Waals surface area contributed by atoms with Gasteiger partial charge in [-0.1, -0.05) is 19.0 Å². The third-order valence-corrected chi connectivity index (χ3v) is 3.73. The van der Waals surface area contributed by atoms with Gasteiger partial charge in [-0.2, -0.15) is 16.7 Å². The van der Waals surface area contributed by atoms with E-state index in [1.165, 1.54) is 0 Å². The zero-order chi connectivity index (χ0) is 12.7. The van der Waals surface area contributed by atoms with Crippen molar-refractivity contribution in [3.63, 3.8) is 0 Å². The van der Waals surface area contributed by atoms with Crippen LogP contribution in [0.4, 0.5) is 0 Å². The molecule has 0 saturated carbocycles. The fourth-order valence-corrected chi connectivity index (χ4v) is 2.05. The summed E-state index contributed by atoms with van der Waals surface area (Å²) in [7, 11) is 1.63. The van der Waals surface area contributed by atoms with E-state index < -0.39 is 0 Å². The van der Waals surface area contributed by atoms with Gasteiger partial charge in [0.05, 0.1) is 12.4 Å². The maximum Gasteiger partial charge on any atom is 0.228 e. The number of aromatic nitrogens is 2. The first-order valence-corrected chi connectivity index (χ1v) is 6.88. The molecule has 0 fully saturated rings. The molecular weight excluding hydrogens is 238 g/mol. The Bertz CT molecular complexity index is 319. The third kappa shape index (κ3) is 5.52. The summed E-state index contributed by atoms with van der Waals surface area (Å²) in [6.45, 7) is 4.86. The molecule has 0 bridgehead atoms. The minimum absolute atomic E-state index is 0.0875. The first-order valence-electron chi connectivity index (χ1n) is 5.83. The summed E-state index contributed by atoms with van der Waals surface area (Å²) < 4.78 is 10.1. The van der Waals surface area contributed by atoms with E-state index in [1.807, 2.05) is 11.8 Å². The lowest BCUT2D eigenvalue weighted by atomic mass is 10.2. The van der Waals surface area contributed by atoms with Gasteiger partial charge in [0.15, 0.2) is 5.82 Å². The number of nitrogens with two attached hydrogens (primary N) is 1. The van der Waals surface area contributed by atoms with E-state index >= 15 is 0 Å². The number of ether oxygens (including phenoxy) is 1. The van der Waals surface area contributed by atoms with Gasteiger partial charge in [0.1, 0.15) is 0 Å². The van der Waals surface area contributed by atoms with Crippen molar-refractivity contribution in [2.24, 2.45) is 5.73 Å². The predicted molar refractivity (Wildman–Crippen MR) is 68.9 cm³/mol. The second-order valence-electron chi connectivity index (χ2n) is 4.05. The summed E-state index contributed by atoms with van der Waals surface area (Å²) in [4.78, 5) is 4.30. The van der Waals surface area contributed by atoms with Crippen molar-refractivity contribution in [2.75, 3.05) is 13.7 Å². The van der Waals surface area contributed by atoms with Gasteiger partial charge in [0, 0.05) is 24.8 Å². The molecule has 0 aliphatic carbocycles. The molecule has 1 aromatic rings. The van der Waals surface area contributed by atoms with Crippen molar-refractivity contribution < 1.29 is 9.26 Å². The number of rotatable bonds is 8. The molecule has 1 aromatic heterocycles. The lowest BCUT2D eigenvalue weighted by molar-refractivity contribution is 0.176. The Morgan fingerprint density at radius 1 is 1.53 bits per heavy atom. The van der Waals surface area contributed by atoms with Gasteiger partial charge >= 0.3 is 0 Å². The fraction of sp³-hybridized carbons (Fsp3) is 0.818. The standard InChI is InChI=1S/C11H21N3O2S/c1-4-8(2)17-7-10-13-11(16-14-10)5-9(12)6-15-3/h8-9H,4-7,12H2,1-3H3. The zero-order valence-electron chi connectivity index (χ0n) is 10.7. The van der Waals surface area contributed by atoms with E-state index in [0.29, 0.717) is 24.2 Å². The first-order chi connectivity index (χ1) is 8.15. The minimum atomic E-state index is -0.0875. The quantitative estimate of drug-likeness (QED) is 0.764. The maximum atomic E-state index is 5.81. The van der Waals surface area contributed by atoms with Gasteiger partial charge in [0.2, 0.25) is 5.89 Å². The average Bonchev–Trinajstić information content (AvgIpc) is 2.74. The summed E-state index contributed by atoms with van der Waals surface area (Å²) in [6, 6.07) is -0.0875. The Morgan fingerprint density at radius 2 is 2.29 bits per heavy atom. The van der Waals surface area contributed by atoms with E-state index in [4.69, 9.17) is 15.0 Å². The summed E-state index contributed by atoms with van der Waals surface area (Å²) in [5.41, 5.74) is 5.81. The Kier molecular flexibility index (Phi) is 6.54. The van der Waals surface area contributed by atoms with E-state index in [0.717, 1.165) is 18.0 Å². The number of hydrogen-bond acceptors (Lipinski definition) is 6. The molecule has 0 aliphatic heterocycles. The molecule has 2 unspecified atom stereocenters. The summed E-state index contributed by atoms with van der Waals surface area (Å²) in [5.74, 6) is 2.13. The molecule has 0 radical (unpaired) electrons. The van der Waals surface area contributed by atoms with Crippen molar-refractivity contribution in [3.05, 3.63) is 11.7 Å². The van der Waals surface area contributed by atoms with Gasteiger partial charge < -0.3 is 15.0 Å². The third-order valence-electron chi connectivity index (χ3n) is 2.40. The van der Waals surface area contributed by atoms with Crippen molar-refractivity contribution in [3.8, 4) is 0 Å². The Hall–Kier alpha value is -0.590. The molecule has 2 atom stereocenters. The Balaban J connectivity index is 2.37. The van der Waals surface area contributed by atoms with Gasteiger partial charge in [-0.05, 0) is 6.42 Å². The van der Waals surface area contributed by atoms with Gasteiger partial charge in [-0.3, -0.25) is 0 Å². The highest BCUT2D eigenvalue weighted by molar-refractivity contribution is 7.99. The second-order valence-corrected chi connectivity index (χ2v) is 5.48. The molecule has 0 spiro atoms. The highest BCUT2D eigenvalue weighted by atomic mass is 32.2. The van der Waals surface area contributed by atoms with E-state index in [9.17, 15) is 0 Å². The second kappa shape index (κ2) is 7.68. The summed E-state index contributed by atoms with van der Waals surface area (Å²) in [6.07, 6.45) is 1.71. The Morgan fingerprint density at radius 3 is 2.94 bits per heavy atom. The van der Waals surface area contributed by atoms with Crippen LogP contribution in [0, 0.1) is 0 Å². The van der Waals surface area contributed by atoms with Crippen LogP contribution in [0.15, 0.2) is 4.52 Å². The monoisotopic (exact) mass is 259 g/mol. The molecule has 1 rings (SSSR count). The molecule has 5 nitrogen and oxygen atoms in total. The molecule has 6 heteroatoms. The smallest absolute Gasteiger partial charge is 0.228 e. The molecule has 17 heavy (non-hydrogen) atoms. The number of thioether (sulfide) groups is 1. The lowest BCUT2D eigenvalue weighted by Crippen LogP contribution is -2.28. The van der Waals surface area contributed by atoms with Crippen LogP contribution in [0.1, 0.15) is 32.0 Å². The highest BCUT2D eigenvalue weighted by Crippen LogP contribution is 2.18. The van der Waals surface area contributed by atoms with Gasteiger partial charge in [0.25, 0.3) is 0 Å². The fourth-order valence-electron chi connectivity index (χ4n) is 1.26. The van der Waals surface area contributed by atoms with Crippen LogP contribution < -0.4 is 5.73 Å². The molecular formula is C11H21N3O2S. The van der Waals surface area contributed by atoms with Crippen molar-refractivity contribution >= 4 is 11.8 Å². The molecule has 0 saturated heterocycles. The first kappa shape index (κ1) is 14.5. The number of methoxy groups -OCH3 is 1. The number of hydrogen-bond donors (Lipinski definition) is 1. The highest BCUT2D eigenvalue weighted by Gasteiger charge is 2.11. The van der Waals surface area contributed by atoms with Crippen LogP contribution in [0.3, 0.4) is 0 Å². The van der Waals surface area contributed by atoms with Crippen LogP contribution in [0.2, 0.25) is 0 Å². The topological polar surface area (TPSA) is 74.2 Å². The number of nitrogens with zero attached hydrogens (tertiary/aromatic N) is 2.